The highest BCUT2D eigenvalue weighted by Crippen LogP contribution is 2.22. The number of anilines is 1. The minimum absolute atomic E-state index is 0.0353. The minimum atomic E-state index is 0.0353. The molecule has 0 atom stereocenters. The molecular weight excluding hydrogens is 212 g/mol. The van der Waals surface area contributed by atoms with E-state index in [1.54, 1.807) is 10.6 Å². The predicted octanol–water partition coefficient (Wildman–Crippen LogP) is 1.91. The van der Waals surface area contributed by atoms with Crippen molar-refractivity contribution in [1.82, 2.24) is 4.57 Å². The number of fused-ring (bicyclic) bond motifs is 1. The van der Waals surface area contributed by atoms with Crippen LogP contribution in [0.3, 0.4) is 0 Å². The molecule has 1 aromatic carbocycles. The Kier molecular flexibility index (Phi) is 2.25. The minimum Gasteiger partial charge on any atom is -0.364 e. The van der Waals surface area contributed by atoms with Crippen LogP contribution in [0.15, 0.2) is 47.3 Å². The van der Waals surface area contributed by atoms with Gasteiger partial charge in [-0.3, -0.25) is 4.79 Å². The number of aryl methyl sites for hydroxylation is 1. The maximum absolute atomic E-state index is 11.5. The van der Waals surface area contributed by atoms with Crippen LogP contribution in [0.25, 0.3) is 10.9 Å². The van der Waals surface area contributed by atoms with Crippen molar-refractivity contribution in [2.75, 3.05) is 18.0 Å². The lowest BCUT2D eigenvalue weighted by atomic mass is 10.2. The van der Waals surface area contributed by atoms with Gasteiger partial charge in [0.1, 0.15) is 0 Å². The van der Waals surface area contributed by atoms with E-state index >= 15 is 0 Å². The first-order valence-electron chi connectivity index (χ1n) is 5.75. The average molecular weight is 226 g/mol. The summed E-state index contributed by atoms with van der Waals surface area (Å²) in [5.41, 5.74) is 2.22. The Bertz CT molecular complexity index is 647. The maximum Gasteiger partial charge on any atom is 0.250 e. The molecule has 3 heteroatoms. The van der Waals surface area contributed by atoms with Gasteiger partial charge in [0.25, 0.3) is 5.56 Å². The van der Waals surface area contributed by atoms with Gasteiger partial charge in [0, 0.05) is 37.3 Å². The molecule has 0 spiro atoms. The van der Waals surface area contributed by atoms with Gasteiger partial charge in [0.05, 0.1) is 5.52 Å². The Balaban J connectivity index is 2.14. The Morgan fingerprint density at radius 2 is 1.82 bits per heavy atom. The zero-order valence-corrected chi connectivity index (χ0v) is 9.76. The van der Waals surface area contributed by atoms with Gasteiger partial charge in [-0.1, -0.05) is 12.2 Å². The van der Waals surface area contributed by atoms with Crippen LogP contribution in [-0.2, 0) is 7.05 Å². The van der Waals surface area contributed by atoms with Gasteiger partial charge >= 0.3 is 0 Å². The van der Waals surface area contributed by atoms with Crippen molar-refractivity contribution >= 4 is 16.6 Å². The van der Waals surface area contributed by atoms with Crippen molar-refractivity contribution in [3.63, 3.8) is 0 Å². The number of hydrogen-bond donors (Lipinski definition) is 0. The van der Waals surface area contributed by atoms with Crippen molar-refractivity contribution in [3.8, 4) is 0 Å². The molecule has 0 radical (unpaired) electrons. The summed E-state index contributed by atoms with van der Waals surface area (Å²) in [6, 6.07) is 9.75. The average Bonchev–Trinajstić information content (AvgIpc) is 2.87. The monoisotopic (exact) mass is 226 g/mol. The quantitative estimate of drug-likeness (QED) is 0.694. The van der Waals surface area contributed by atoms with Crippen LogP contribution in [0.5, 0.6) is 0 Å². The maximum atomic E-state index is 11.5. The van der Waals surface area contributed by atoms with Crippen LogP contribution in [-0.4, -0.2) is 17.7 Å². The molecule has 0 unspecified atom stereocenters. The summed E-state index contributed by atoms with van der Waals surface area (Å²) in [4.78, 5) is 13.8. The number of hydrogen-bond acceptors (Lipinski definition) is 2. The van der Waals surface area contributed by atoms with Crippen molar-refractivity contribution in [1.29, 1.82) is 0 Å². The van der Waals surface area contributed by atoms with Gasteiger partial charge in [0.2, 0.25) is 0 Å². The van der Waals surface area contributed by atoms with Crippen molar-refractivity contribution in [3.05, 3.63) is 52.8 Å². The fraction of sp³-hybridized carbons (Fsp3) is 0.214. The lowest BCUT2D eigenvalue weighted by Gasteiger charge is -2.18. The number of rotatable bonds is 1. The number of pyridine rings is 1. The van der Waals surface area contributed by atoms with Gasteiger partial charge in [-0.25, -0.2) is 0 Å². The van der Waals surface area contributed by atoms with E-state index in [1.807, 2.05) is 19.2 Å². The summed E-state index contributed by atoms with van der Waals surface area (Å²) in [7, 11) is 1.81. The molecule has 1 aliphatic heterocycles. The van der Waals surface area contributed by atoms with Crippen molar-refractivity contribution in [2.24, 2.45) is 7.05 Å². The first-order chi connectivity index (χ1) is 8.25. The van der Waals surface area contributed by atoms with Gasteiger partial charge in [-0.2, -0.15) is 0 Å². The predicted molar refractivity (Wildman–Crippen MR) is 70.5 cm³/mol. The molecule has 0 bridgehead atoms. The highest BCUT2D eigenvalue weighted by Gasteiger charge is 2.08. The number of benzene rings is 1. The van der Waals surface area contributed by atoms with E-state index in [0.717, 1.165) is 24.0 Å². The zero-order chi connectivity index (χ0) is 11.8. The molecule has 0 aliphatic carbocycles. The largest absolute Gasteiger partial charge is 0.364 e. The van der Waals surface area contributed by atoms with E-state index in [1.165, 1.54) is 5.69 Å². The molecule has 86 valence electrons. The van der Waals surface area contributed by atoms with E-state index in [9.17, 15) is 4.79 Å². The molecule has 17 heavy (non-hydrogen) atoms. The first-order valence-corrected chi connectivity index (χ1v) is 5.75. The van der Waals surface area contributed by atoms with Crippen molar-refractivity contribution < 1.29 is 0 Å². The molecule has 2 aromatic rings. The summed E-state index contributed by atoms with van der Waals surface area (Å²) in [6.07, 6.45) is 4.34. The highest BCUT2D eigenvalue weighted by atomic mass is 16.1. The molecule has 0 N–H and O–H groups in total. The van der Waals surface area contributed by atoms with Crippen LogP contribution < -0.4 is 10.5 Å². The number of aromatic nitrogens is 1. The molecule has 1 aliphatic rings. The molecule has 0 fully saturated rings. The molecule has 1 aromatic heterocycles. The van der Waals surface area contributed by atoms with E-state index in [-0.39, 0.29) is 5.56 Å². The Hall–Kier alpha value is -2.03. The Morgan fingerprint density at radius 1 is 1.06 bits per heavy atom. The SMILES string of the molecule is Cn1c(=O)ccc2cc(N3CC=CC3)ccc21. The normalized spacial score (nSPS) is 14.8. The summed E-state index contributed by atoms with van der Waals surface area (Å²) < 4.78 is 1.68. The molecule has 3 rings (SSSR count). The van der Waals surface area contributed by atoms with E-state index in [0.29, 0.717) is 0 Å². The first kappa shape index (κ1) is 10.1. The lowest BCUT2D eigenvalue weighted by molar-refractivity contribution is 0.905. The summed E-state index contributed by atoms with van der Waals surface area (Å²) in [5.74, 6) is 0. The van der Waals surface area contributed by atoms with Crippen molar-refractivity contribution in [2.45, 2.75) is 0 Å². The molecule has 3 nitrogen and oxygen atoms in total. The molecule has 0 saturated carbocycles. The zero-order valence-electron chi connectivity index (χ0n) is 9.76. The Labute approximate surface area is 99.6 Å². The smallest absolute Gasteiger partial charge is 0.250 e. The van der Waals surface area contributed by atoms with E-state index < -0.39 is 0 Å². The van der Waals surface area contributed by atoms with Crippen LogP contribution >= 0.6 is 0 Å². The van der Waals surface area contributed by atoms with Crippen LogP contribution in [0.1, 0.15) is 0 Å². The third-order valence-electron chi connectivity index (χ3n) is 3.29. The number of nitrogens with zero attached hydrogens (tertiary/aromatic N) is 2. The van der Waals surface area contributed by atoms with Gasteiger partial charge < -0.3 is 9.47 Å². The fourth-order valence-corrected chi connectivity index (χ4v) is 2.26. The molecular formula is C14H14N2O. The highest BCUT2D eigenvalue weighted by molar-refractivity contribution is 5.83. The molecule has 0 saturated heterocycles. The Morgan fingerprint density at radius 3 is 2.59 bits per heavy atom. The topological polar surface area (TPSA) is 25.2 Å². The van der Waals surface area contributed by atoms with E-state index in [4.69, 9.17) is 0 Å². The van der Waals surface area contributed by atoms with E-state index in [2.05, 4.69) is 29.2 Å². The standard InChI is InChI=1S/C14H14N2O/c1-15-13-6-5-12(16-8-2-3-9-16)10-11(13)4-7-14(15)17/h2-7,10H,8-9H2,1H3. The second-order valence-corrected chi connectivity index (χ2v) is 4.35. The summed E-state index contributed by atoms with van der Waals surface area (Å²) in [5, 5.41) is 1.11. The molecule has 0 amide bonds. The van der Waals surface area contributed by atoms with Gasteiger partial charge in [-0.05, 0) is 24.3 Å². The third-order valence-corrected chi connectivity index (χ3v) is 3.29. The lowest BCUT2D eigenvalue weighted by Crippen LogP contribution is -2.19. The second-order valence-electron chi connectivity index (χ2n) is 4.35. The second kappa shape index (κ2) is 3.77. The van der Waals surface area contributed by atoms with Gasteiger partial charge in [0.15, 0.2) is 0 Å². The fourth-order valence-electron chi connectivity index (χ4n) is 2.26. The van der Waals surface area contributed by atoms with Crippen LogP contribution in [0, 0.1) is 0 Å². The summed E-state index contributed by atoms with van der Waals surface area (Å²) in [6.45, 7) is 1.94. The molecule has 2 heterocycles. The van der Waals surface area contributed by atoms with Crippen LogP contribution in [0.4, 0.5) is 5.69 Å². The van der Waals surface area contributed by atoms with Crippen LogP contribution in [0.2, 0.25) is 0 Å². The van der Waals surface area contributed by atoms with Gasteiger partial charge in [-0.15, -0.1) is 0 Å². The summed E-state index contributed by atoms with van der Waals surface area (Å²) >= 11 is 0. The third kappa shape index (κ3) is 1.64.